The number of rotatable bonds is 6. The highest BCUT2D eigenvalue weighted by molar-refractivity contribution is 14.0. The van der Waals surface area contributed by atoms with E-state index in [1.54, 1.807) is 7.11 Å². The molecule has 6 nitrogen and oxygen atoms in total. The van der Waals surface area contributed by atoms with Crippen LogP contribution in [0.5, 0.6) is 5.75 Å². The Balaban J connectivity index is 0.00000300. The van der Waals surface area contributed by atoms with Crippen LogP contribution in [-0.2, 0) is 12.5 Å². The minimum atomic E-state index is -0.0462. The zero-order valence-electron chi connectivity index (χ0n) is 18.2. The summed E-state index contributed by atoms with van der Waals surface area (Å²) in [6, 6.07) is 8.31. The van der Waals surface area contributed by atoms with Crippen LogP contribution in [0.25, 0.3) is 0 Å². The second-order valence-electron chi connectivity index (χ2n) is 8.16. The number of hydrogen-bond donors (Lipinski definition) is 1. The Labute approximate surface area is 191 Å². The van der Waals surface area contributed by atoms with Gasteiger partial charge in [-0.05, 0) is 36.6 Å². The maximum atomic E-state index is 5.28. The molecule has 1 aromatic carbocycles. The highest BCUT2D eigenvalue weighted by Crippen LogP contribution is 2.28. The minimum Gasteiger partial charge on any atom is -0.497 e. The summed E-state index contributed by atoms with van der Waals surface area (Å²) in [6.07, 6.45) is 5.26. The molecule has 29 heavy (non-hydrogen) atoms. The first-order chi connectivity index (χ1) is 13.4. The third-order valence-electron chi connectivity index (χ3n) is 5.51. The number of ether oxygens (including phenoxy) is 1. The lowest BCUT2D eigenvalue weighted by atomic mass is 9.85. The molecule has 0 amide bonds. The lowest BCUT2D eigenvalue weighted by molar-refractivity contribution is 0.414. The molecule has 2 aromatic rings. The van der Waals surface area contributed by atoms with Crippen LogP contribution in [0.4, 0.5) is 0 Å². The standard InChI is InChI=1S/C22H33N5O.HI/c1-6-23-21(27-12-11-17(15-27)18-13-25-26(4)14-18)24-16-22(2,3)19-7-9-20(28-5)10-8-19;/h7-10,13-14,17H,6,11-12,15-16H2,1-5H3,(H,23,24);1H. The van der Waals surface area contributed by atoms with Crippen molar-refractivity contribution < 1.29 is 4.74 Å². The Morgan fingerprint density at radius 3 is 2.62 bits per heavy atom. The maximum Gasteiger partial charge on any atom is 0.193 e. The Morgan fingerprint density at radius 2 is 2.03 bits per heavy atom. The van der Waals surface area contributed by atoms with E-state index in [1.807, 2.05) is 30.1 Å². The van der Waals surface area contributed by atoms with Gasteiger partial charge in [0.05, 0.1) is 19.9 Å². The molecule has 0 bridgehead atoms. The lowest BCUT2D eigenvalue weighted by Gasteiger charge is -2.26. The molecule has 0 saturated carbocycles. The summed E-state index contributed by atoms with van der Waals surface area (Å²) in [7, 11) is 3.67. The molecule has 1 N–H and O–H groups in total. The van der Waals surface area contributed by atoms with Crippen LogP contribution in [0.1, 0.15) is 44.2 Å². The van der Waals surface area contributed by atoms with Gasteiger partial charge in [0, 0.05) is 44.2 Å². The molecular weight excluding hydrogens is 477 g/mol. The summed E-state index contributed by atoms with van der Waals surface area (Å²) in [6.45, 7) is 10.2. The van der Waals surface area contributed by atoms with Crippen molar-refractivity contribution in [1.82, 2.24) is 20.0 Å². The average Bonchev–Trinajstić information content (AvgIpc) is 3.34. The smallest absolute Gasteiger partial charge is 0.193 e. The number of aliphatic imine (C=N–C) groups is 1. The predicted octanol–water partition coefficient (Wildman–Crippen LogP) is 3.78. The van der Waals surface area contributed by atoms with Crippen LogP contribution < -0.4 is 10.1 Å². The number of guanidine groups is 1. The lowest BCUT2D eigenvalue weighted by Crippen LogP contribution is -2.41. The van der Waals surface area contributed by atoms with Crippen molar-refractivity contribution >= 4 is 29.9 Å². The van der Waals surface area contributed by atoms with Crippen molar-refractivity contribution in [1.29, 1.82) is 0 Å². The van der Waals surface area contributed by atoms with Crippen molar-refractivity contribution in [3.05, 3.63) is 47.8 Å². The number of hydrogen-bond acceptors (Lipinski definition) is 3. The molecule has 0 spiro atoms. The zero-order chi connectivity index (χ0) is 20.1. The van der Waals surface area contributed by atoms with E-state index in [1.165, 1.54) is 11.1 Å². The molecule has 1 aliphatic heterocycles. The van der Waals surface area contributed by atoms with Gasteiger partial charge in [-0.3, -0.25) is 9.67 Å². The van der Waals surface area contributed by atoms with Crippen molar-refractivity contribution in [2.75, 3.05) is 33.3 Å². The number of nitrogens with zero attached hydrogens (tertiary/aromatic N) is 4. The molecule has 0 radical (unpaired) electrons. The number of aromatic nitrogens is 2. The van der Waals surface area contributed by atoms with Crippen LogP contribution in [0.2, 0.25) is 0 Å². The molecule has 7 heteroatoms. The van der Waals surface area contributed by atoms with Gasteiger partial charge < -0.3 is 15.0 Å². The average molecular weight is 511 g/mol. The first-order valence-electron chi connectivity index (χ1n) is 10.1. The molecule has 1 atom stereocenters. The Morgan fingerprint density at radius 1 is 1.31 bits per heavy atom. The molecule has 160 valence electrons. The van der Waals surface area contributed by atoms with Crippen LogP contribution in [0, 0.1) is 0 Å². The zero-order valence-corrected chi connectivity index (χ0v) is 20.5. The molecular formula is C22H34IN5O. The van der Waals surface area contributed by atoms with Gasteiger partial charge in [-0.2, -0.15) is 5.10 Å². The summed E-state index contributed by atoms with van der Waals surface area (Å²) in [5.74, 6) is 2.41. The van der Waals surface area contributed by atoms with E-state index in [9.17, 15) is 0 Å². The van der Waals surface area contributed by atoms with Crippen molar-refractivity contribution in [3.63, 3.8) is 0 Å². The molecule has 1 aliphatic rings. The van der Waals surface area contributed by atoms with E-state index < -0.39 is 0 Å². The van der Waals surface area contributed by atoms with Gasteiger partial charge in [0.1, 0.15) is 5.75 Å². The highest BCUT2D eigenvalue weighted by atomic mass is 127. The fourth-order valence-electron chi connectivity index (χ4n) is 3.71. The van der Waals surface area contributed by atoms with Gasteiger partial charge in [-0.1, -0.05) is 26.0 Å². The SMILES string of the molecule is CCNC(=NCC(C)(C)c1ccc(OC)cc1)N1CCC(c2cnn(C)c2)C1.I. The van der Waals surface area contributed by atoms with Crippen LogP contribution in [0.3, 0.4) is 0 Å². The van der Waals surface area contributed by atoms with Crippen LogP contribution in [0.15, 0.2) is 41.7 Å². The Hall–Kier alpha value is -1.77. The van der Waals surface area contributed by atoms with E-state index in [0.717, 1.165) is 44.3 Å². The summed E-state index contributed by atoms with van der Waals surface area (Å²) in [5, 5.41) is 7.80. The van der Waals surface area contributed by atoms with E-state index in [0.29, 0.717) is 5.92 Å². The third kappa shape index (κ3) is 5.87. The van der Waals surface area contributed by atoms with Gasteiger partial charge in [0.25, 0.3) is 0 Å². The van der Waals surface area contributed by atoms with Crippen molar-refractivity contribution in [3.8, 4) is 5.75 Å². The number of methoxy groups -OCH3 is 1. The largest absolute Gasteiger partial charge is 0.497 e. The molecule has 3 rings (SSSR count). The molecule has 1 unspecified atom stereocenters. The number of halogens is 1. The summed E-state index contributed by atoms with van der Waals surface area (Å²) in [5.41, 5.74) is 2.54. The normalized spacial score (nSPS) is 17.2. The monoisotopic (exact) mass is 511 g/mol. The molecule has 1 saturated heterocycles. The fraction of sp³-hybridized carbons (Fsp3) is 0.545. The summed E-state index contributed by atoms with van der Waals surface area (Å²) < 4.78 is 7.16. The van der Waals surface area contributed by atoms with Crippen molar-refractivity contribution in [2.24, 2.45) is 12.0 Å². The number of nitrogens with one attached hydrogen (secondary N) is 1. The second kappa shape index (κ2) is 10.3. The molecule has 1 aromatic heterocycles. The van der Waals surface area contributed by atoms with Crippen LogP contribution in [-0.4, -0.2) is 53.9 Å². The van der Waals surface area contributed by atoms with Gasteiger partial charge in [-0.15, -0.1) is 24.0 Å². The minimum absolute atomic E-state index is 0. The highest BCUT2D eigenvalue weighted by Gasteiger charge is 2.28. The van der Waals surface area contributed by atoms with Crippen molar-refractivity contribution in [2.45, 2.75) is 38.5 Å². The molecule has 0 aliphatic carbocycles. The van der Waals surface area contributed by atoms with E-state index in [4.69, 9.17) is 9.73 Å². The first-order valence-corrected chi connectivity index (χ1v) is 10.1. The summed E-state index contributed by atoms with van der Waals surface area (Å²) >= 11 is 0. The fourth-order valence-corrected chi connectivity index (χ4v) is 3.71. The number of aryl methyl sites for hydroxylation is 1. The first kappa shape index (κ1) is 23.5. The van der Waals surface area contributed by atoms with E-state index in [2.05, 4.69) is 54.4 Å². The summed E-state index contributed by atoms with van der Waals surface area (Å²) in [4.78, 5) is 7.38. The molecule has 2 heterocycles. The van der Waals surface area contributed by atoms with Gasteiger partial charge in [0.2, 0.25) is 0 Å². The Kier molecular flexibility index (Phi) is 8.36. The second-order valence-corrected chi connectivity index (χ2v) is 8.16. The number of likely N-dealkylation sites (tertiary alicyclic amines) is 1. The van der Waals surface area contributed by atoms with Gasteiger partial charge in [-0.25, -0.2) is 0 Å². The quantitative estimate of drug-likeness (QED) is 0.365. The molecule has 1 fully saturated rings. The predicted molar refractivity (Wildman–Crippen MR) is 130 cm³/mol. The van der Waals surface area contributed by atoms with Gasteiger partial charge >= 0.3 is 0 Å². The van der Waals surface area contributed by atoms with Crippen LogP contribution >= 0.6 is 24.0 Å². The maximum absolute atomic E-state index is 5.28. The van der Waals surface area contributed by atoms with E-state index in [-0.39, 0.29) is 29.4 Å². The Bertz CT molecular complexity index is 800. The number of benzene rings is 1. The van der Waals surface area contributed by atoms with E-state index >= 15 is 0 Å². The van der Waals surface area contributed by atoms with Gasteiger partial charge in [0.15, 0.2) is 5.96 Å². The topological polar surface area (TPSA) is 54.7 Å². The third-order valence-corrected chi connectivity index (χ3v) is 5.51.